The third-order valence-corrected chi connectivity index (χ3v) is 6.49. The van der Waals surface area contributed by atoms with Gasteiger partial charge in [-0.05, 0) is 79.7 Å². The van der Waals surface area contributed by atoms with Crippen LogP contribution in [-0.4, -0.2) is 16.5 Å². The highest BCUT2D eigenvalue weighted by molar-refractivity contribution is 6.42. The van der Waals surface area contributed by atoms with Gasteiger partial charge in [0.1, 0.15) is 11.5 Å². The van der Waals surface area contributed by atoms with E-state index >= 15 is 0 Å². The zero-order chi connectivity index (χ0) is 21.3. The lowest BCUT2D eigenvalue weighted by Crippen LogP contribution is -2.30. The molecule has 30 heavy (non-hydrogen) atoms. The number of fused-ring (bicyclic) bond motifs is 2. The zero-order valence-electron chi connectivity index (χ0n) is 18.5. The molecule has 1 amide bonds. The van der Waals surface area contributed by atoms with Gasteiger partial charge in [-0.15, -0.1) is 6.58 Å². The van der Waals surface area contributed by atoms with Crippen LogP contribution in [0.5, 0.6) is 0 Å². The number of hydrogen-bond donors (Lipinski definition) is 0. The average Bonchev–Trinajstić information content (AvgIpc) is 3.32. The second kappa shape index (κ2) is 8.59. The van der Waals surface area contributed by atoms with Crippen LogP contribution in [0.25, 0.3) is 5.57 Å². The smallest absolute Gasteiger partial charge is 0.267 e. The first-order chi connectivity index (χ1) is 14.5. The van der Waals surface area contributed by atoms with Gasteiger partial charge in [-0.1, -0.05) is 49.8 Å². The normalized spacial score (nSPS) is 18.7. The Morgan fingerprint density at radius 2 is 2.07 bits per heavy atom. The summed E-state index contributed by atoms with van der Waals surface area (Å²) in [6.07, 6.45) is 11.4. The molecule has 0 bridgehead atoms. The van der Waals surface area contributed by atoms with E-state index in [4.69, 9.17) is 4.99 Å². The van der Waals surface area contributed by atoms with Crippen molar-refractivity contribution in [3.8, 4) is 0 Å². The van der Waals surface area contributed by atoms with Crippen LogP contribution in [0.2, 0.25) is 0 Å². The summed E-state index contributed by atoms with van der Waals surface area (Å²) < 4.78 is 0. The summed E-state index contributed by atoms with van der Waals surface area (Å²) in [7, 11) is 0. The summed E-state index contributed by atoms with van der Waals surface area (Å²) in [6.45, 7) is 10.3. The van der Waals surface area contributed by atoms with E-state index in [0.717, 1.165) is 50.8 Å². The number of rotatable bonds is 8. The molecule has 0 saturated carbocycles. The molecule has 3 heteroatoms. The van der Waals surface area contributed by atoms with E-state index in [1.165, 1.54) is 33.4 Å². The molecule has 0 spiro atoms. The zero-order valence-corrected chi connectivity index (χ0v) is 18.5. The third kappa shape index (κ3) is 3.86. The molecule has 2 aliphatic heterocycles. The van der Waals surface area contributed by atoms with Crippen LogP contribution in [0.4, 0.5) is 0 Å². The summed E-state index contributed by atoms with van der Waals surface area (Å²) in [4.78, 5) is 19.9. The van der Waals surface area contributed by atoms with E-state index in [1.54, 1.807) is 0 Å². The number of carbonyl (C=O) groups excluding carboxylic acids is 1. The van der Waals surface area contributed by atoms with E-state index in [9.17, 15) is 4.79 Å². The Bertz CT molecular complexity index is 1010. The van der Waals surface area contributed by atoms with Gasteiger partial charge in [0, 0.05) is 12.1 Å². The van der Waals surface area contributed by atoms with Gasteiger partial charge in [-0.2, -0.15) is 0 Å². The Kier molecular flexibility index (Phi) is 5.90. The lowest BCUT2D eigenvalue weighted by atomic mass is 9.90. The highest BCUT2D eigenvalue weighted by Crippen LogP contribution is 2.42. The molecule has 0 aromatic heterocycles. The minimum Gasteiger partial charge on any atom is -0.267 e. The molecular formula is C27H32N2O. The van der Waals surface area contributed by atoms with Crippen molar-refractivity contribution >= 4 is 17.2 Å². The van der Waals surface area contributed by atoms with Gasteiger partial charge < -0.3 is 0 Å². The number of amides is 1. The number of nitrogens with zero attached hydrogens (tertiary/aromatic N) is 2. The van der Waals surface area contributed by atoms with E-state index in [2.05, 4.69) is 63.9 Å². The van der Waals surface area contributed by atoms with Gasteiger partial charge in [-0.25, -0.2) is 4.99 Å². The van der Waals surface area contributed by atoms with Crippen molar-refractivity contribution in [1.29, 1.82) is 0 Å². The molecule has 156 valence electrons. The maximum absolute atomic E-state index is 13.2. The molecule has 1 aromatic rings. The number of aliphatic imine (C=N–C) groups is 1. The maximum atomic E-state index is 13.2. The number of hydrogen-bond acceptors (Lipinski definition) is 2. The predicted molar refractivity (Wildman–Crippen MR) is 125 cm³/mol. The Balaban J connectivity index is 1.64. The molecule has 0 radical (unpaired) electrons. The fourth-order valence-corrected chi connectivity index (χ4v) is 4.55. The Morgan fingerprint density at radius 3 is 2.83 bits per heavy atom. The third-order valence-electron chi connectivity index (χ3n) is 6.49. The molecular weight excluding hydrogens is 368 g/mol. The van der Waals surface area contributed by atoms with Crippen LogP contribution >= 0.6 is 0 Å². The number of carbonyl (C=O) groups is 1. The van der Waals surface area contributed by atoms with Gasteiger partial charge in [-0.3, -0.25) is 9.69 Å². The van der Waals surface area contributed by atoms with Crippen LogP contribution in [0.1, 0.15) is 70.4 Å². The van der Waals surface area contributed by atoms with Crippen LogP contribution in [0.15, 0.2) is 70.7 Å². The Hall–Kier alpha value is -2.68. The number of unbranched alkanes of at least 4 members (excludes halogenated alkanes) is 1. The molecule has 0 saturated heterocycles. The summed E-state index contributed by atoms with van der Waals surface area (Å²) in [5.41, 5.74) is 8.45. The molecule has 3 aliphatic rings. The van der Waals surface area contributed by atoms with E-state index in [1.807, 2.05) is 4.90 Å². The van der Waals surface area contributed by atoms with Crippen molar-refractivity contribution in [1.82, 2.24) is 4.90 Å². The van der Waals surface area contributed by atoms with Crippen LogP contribution in [-0.2, 0) is 11.2 Å². The van der Waals surface area contributed by atoms with Crippen molar-refractivity contribution in [3.05, 3.63) is 76.8 Å². The van der Waals surface area contributed by atoms with Crippen molar-refractivity contribution in [3.63, 3.8) is 0 Å². The minimum absolute atomic E-state index is 0.0582. The monoisotopic (exact) mass is 400 g/mol. The topological polar surface area (TPSA) is 32.7 Å². The number of benzene rings is 1. The molecule has 2 heterocycles. The molecule has 0 fully saturated rings. The summed E-state index contributed by atoms with van der Waals surface area (Å²) in [5, 5.41) is 0. The first kappa shape index (κ1) is 20.6. The Morgan fingerprint density at radius 1 is 1.27 bits per heavy atom. The van der Waals surface area contributed by atoms with E-state index in [-0.39, 0.29) is 11.8 Å². The van der Waals surface area contributed by atoms with Gasteiger partial charge in [0.2, 0.25) is 0 Å². The quantitative estimate of drug-likeness (QED) is 0.358. The first-order valence-electron chi connectivity index (χ1n) is 11.3. The predicted octanol–water partition coefficient (Wildman–Crippen LogP) is 6.59. The lowest BCUT2D eigenvalue weighted by Gasteiger charge is -2.25. The molecule has 3 nitrogen and oxygen atoms in total. The second-order valence-electron chi connectivity index (χ2n) is 8.88. The standard InChI is InChI=1S/C27H32N2O/c1-5-19(4)25-27(30)29-17-22(24-15-14-20-11-8-9-13-23(20)24)16-21(26(29)28-25)12-7-6-10-18(2)3/h8-9,11,13,15,17,19H,2,5-7,10,12,14,16H2,1,3-4H3/t19-/m0/s1. The van der Waals surface area contributed by atoms with Crippen molar-refractivity contribution in [2.24, 2.45) is 10.9 Å². The lowest BCUT2D eigenvalue weighted by molar-refractivity contribution is -0.119. The summed E-state index contributed by atoms with van der Waals surface area (Å²) in [6, 6.07) is 8.61. The van der Waals surface area contributed by atoms with Crippen molar-refractivity contribution < 1.29 is 4.79 Å². The SMILES string of the molecule is C=C(C)CCCCC1=C2N=C([C@@H](C)CC)C(=O)N2C=C(C2=CCc3ccccc32)C1. The largest absolute Gasteiger partial charge is 0.278 e. The van der Waals surface area contributed by atoms with Crippen molar-refractivity contribution in [2.45, 2.75) is 65.7 Å². The maximum Gasteiger partial charge on any atom is 0.278 e. The average molecular weight is 401 g/mol. The minimum atomic E-state index is 0.0582. The van der Waals surface area contributed by atoms with Crippen LogP contribution < -0.4 is 0 Å². The highest BCUT2D eigenvalue weighted by Gasteiger charge is 2.36. The van der Waals surface area contributed by atoms with Crippen LogP contribution in [0, 0.1) is 5.92 Å². The number of allylic oxidation sites excluding steroid dienone is 5. The first-order valence-corrected chi connectivity index (χ1v) is 11.3. The fraction of sp³-hybridized carbons (Fsp3) is 0.407. The fourth-order valence-electron chi connectivity index (χ4n) is 4.55. The highest BCUT2D eigenvalue weighted by atomic mass is 16.2. The van der Waals surface area contributed by atoms with Crippen LogP contribution in [0.3, 0.4) is 0 Å². The molecule has 1 atom stereocenters. The Labute approximate surface area is 180 Å². The van der Waals surface area contributed by atoms with Gasteiger partial charge in [0.15, 0.2) is 0 Å². The molecule has 1 aliphatic carbocycles. The van der Waals surface area contributed by atoms with E-state index < -0.39 is 0 Å². The molecule has 0 N–H and O–H groups in total. The molecule has 0 unspecified atom stereocenters. The summed E-state index contributed by atoms with van der Waals surface area (Å²) >= 11 is 0. The molecule has 4 rings (SSSR count). The van der Waals surface area contributed by atoms with Gasteiger partial charge in [0.05, 0.1) is 0 Å². The van der Waals surface area contributed by atoms with E-state index in [0.29, 0.717) is 5.71 Å². The van der Waals surface area contributed by atoms with Gasteiger partial charge in [0.25, 0.3) is 5.91 Å². The van der Waals surface area contributed by atoms with Gasteiger partial charge >= 0.3 is 0 Å². The van der Waals surface area contributed by atoms with Crippen molar-refractivity contribution in [2.75, 3.05) is 0 Å². The second-order valence-corrected chi connectivity index (χ2v) is 8.88. The molecule has 1 aromatic carbocycles. The summed E-state index contributed by atoms with van der Waals surface area (Å²) in [5.74, 6) is 1.13.